The molecule has 0 bridgehead atoms. The van der Waals surface area contributed by atoms with Crippen LogP contribution in [0.5, 0.6) is 0 Å². The van der Waals surface area contributed by atoms with Gasteiger partial charge in [-0.3, -0.25) is 4.79 Å². The summed E-state index contributed by atoms with van der Waals surface area (Å²) < 4.78 is 1.03. The molecule has 0 saturated heterocycles. The molecule has 3 N–H and O–H groups in total. The molecule has 0 aliphatic carbocycles. The van der Waals surface area contributed by atoms with Crippen molar-refractivity contribution in [2.45, 2.75) is 32.2 Å². The van der Waals surface area contributed by atoms with Crippen LogP contribution in [0.3, 0.4) is 0 Å². The van der Waals surface area contributed by atoms with Gasteiger partial charge >= 0.3 is 0 Å². The van der Waals surface area contributed by atoms with Crippen LogP contribution < -0.4 is 11.1 Å². The lowest BCUT2D eigenvalue weighted by Crippen LogP contribution is -2.41. The maximum Gasteiger partial charge on any atom is 0.220 e. The van der Waals surface area contributed by atoms with E-state index in [9.17, 15) is 4.79 Å². The van der Waals surface area contributed by atoms with E-state index in [1.807, 2.05) is 38.1 Å². The lowest BCUT2D eigenvalue weighted by Gasteiger charge is -2.27. The molecule has 17 heavy (non-hydrogen) atoms. The van der Waals surface area contributed by atoms with E-state index in [1.54, 1.807) is 0 Å². The highest BCUT2D eigenvalue weighted by Crippen LogP contribution is 2.22. The topological polar surface area (TPSA) is 55.1 Å². The van der Waals surface area contributed by atoms with Crippen molar-refractivity contribution in [2.24, 2.45) is 5.73 Å². The molecule has 0 aliphatic heterocycles. The first-order chi connectivity index (χ1) is 7.95. The third-order valence-corrected chi connectivity index (χ3v) is 3.15. The van der Waals surface area contributed by atoms with Crippen molar-refractivity contribution in [3.05, 3.63) is 34.3 Å². The van der Waals surface area contributed by atoms with E-state index in [-0.39, 0.29) is 11.4 Å². The molecule has 3 nitrogen and oxygen atoms in total. The molecule has 1 rings (SSSR count). The second-order valence-corrected chi connectivity index (χ2v) is 5.49. The summed E-state index contributed by atoms with van der Waals surface area (Å²) in [5, 5.41) is 3.02. The Morgan fingerprint density at radius 3 is 2.47 bits per heavy atom. The summed E-state index contributed by atoms with van der Waals surface area (Å²) in [5.41, 5.74) is 6.11. The van der Waals surface area contributed by atoms with Crippen LogP contribution >= 0.6 is 15.9 Å². The quantitative estimate of drug-likeness (QED) is 0.878. The smallest absolute Gasteiger partial charge is 0.220 e. The fraction of sp³-hybridized carbons (Fsp3) is 0.462. The van der Waals surface area contributed by atoms with Gasteiger partial charge in [-0.25, -0.2) is 0 Å². The number of carbonyl (C=O) groups is 1. The zero-order valence-corrected chi connectivity index (χ0v) is 11.9. The zero-order chi connectivity index (χ0) is 12.9. The van der Waals surface area contributed by atoms with Gasteiger partial charge in [-0.15, -0.1) is 0 Å². The molecule has 0 aromatic heterocycles. The number of nitrogens with one attached hydrogen (secondary N) is 1. The van der Waals surface area contributed by atoms with Gasteiger partial charge in [0.2, 0.25) is 5.91 Å². The van der Waals surface area contributed by atoms with Crippen molar-refractivity contribution >= 4 is 21.8 Å². The fourth-order valence-corrected chi connectivity index (χ4v) is 1.88. The molecule has 0 heterocycles. The monoisotopic (exact) mass is 298 g/mol. The lowest BCUT2D eigenvalue weighted by atomic mass is 9.94. The Bertz CT molecular complexity index is 374. The average molecular weight is 299 g/mol. The van der Waals surface area contributed by atoms with Gasteiger partial charge < -0.3 is 11.1 Å². The Balaban J connectivity index is 2.67. The highest BCUT2D eigenvalue weighted by Gasteiger charge is 2.22. The van der Waals surface area contributed by atoms with Crippen LogP contribution in [0.25, 0.3) is 0 Å². The highest BCUT2D eigenvalue weighted by atomic mass is 79.9. The number of rotatable bonds is 5. The van der Waals surface area contributed by atoms with Gasteiger partial charge in [0, 0.05) is 10.9 Å². The predicted octanol–water partition coefficient (Wildman–Crippen LogP) is 2.54. The summed E-state index contributed by atoms with van der Waals surface area (Å²) in [6.07, 6.45) is 1.21. The summed E-state index contributed by atoms with van der Waals surface area (Å²) in [4.78, 5) is 11.7. The summed E-state index contributed by atoms with van der Waals surface area (Å²) in [7, 11) is 0. The Morgan fingerprint density at radius 1 is 1.35 bits per heavy atom. The van der Waals surface area contributed by atoms with E-state index in [1.165, 1.54) is 0 Å². The van der Waals surface area contributed by atoms with Crippen LogP contribution in [0.1, 0.15) is 32.3 Å². The second kappa shape index (κ2) is 6.17. The minimum atomic E-state index is -0.355. The summed E-state index contributed by atoms with van der Waals surface area (Å²) in [5.74, 6) is 0.0448. The Morgan fingerprint density at radius 2 is 1.94 bits per heavy atom. The molecule has 0 spiro atoms. The third kappa shape index (κ3) is 4.48. The molecule has 1 amide bonds. The van der Waals surface area contributed by atoms with Crippen molar-refractivity contribution in [3.8, 4) is 0 Å². The van der Waals surface area contributed by atoms with E-state index in [2.05, 4.69) is 21.2 Å². The number of hydrogen-bond acceptors (Lipinski definition) is 2. The number of hydrogen-bond donors (Lipinski definition) is 2. The molecule has 0 fully saturated rings. The SMILES string of the molecule is CC(C)(NC(=O)CCCN)c1ccc(Br)cc1. The van der Waals surface area contributed by atoms with Crippen molar-refractivity contribution in [2.75, 3.05) is 6.54 Å². The predicted molar refractivity (Wildman–Crippen MR) is 73.6 cm³/mol. The first-order valence-electron chi connectivity index (χ1n) is 5.73. The molecular weight excluding hydrogens is 280 g/mol. The van der Waals surface area contributed by atoms with Gasteiger partial charge in [-0.2, -0.15) is 0 Å². The maximum absolute atomic E-state index is 11.7. The minimum Gasteiger partial charge on any atom is -0.347 e. The molecule has 1 aromatic rings. The van der Waals surface area contributed by atoms with Crippen molar-refractivity contribution < 1.29 is 4.79 Å². The van der Waals surface area contributed by atoms with Crippen LogP contribution in [-0.4, -0.2) is 12.5 Å². The zero-order valence-electron chi connectivity index (χ0n) is 10.3. The largest absolute Gasteiger partial charge is 0.347 e. The van der Waals surface area contributed by atoms with Gasteiger partial charge in [-0.05, 0) is 44.5 Å². The van der Waals surface area contributed by atoms with Crippen LogP contribution in [0.15, 0.2) is 28.7 Å². The maximum atomic E-state index is 11.7. The van der Waals surface area contributed by atoms with Gasteiger partial charge in [0.15, 0.2) is 0 Å². The first kappa shape index (κ1) is 14.2. The first-order valence-corrected chi connectivity index (χ1v) is 6.52. The van der Waals surface area contributed by atoms with E-state index >= 15 is 0 Å². The molecule has 0 unspecified atom stereocenters. The Labute approximate surface area is 111 Å². The standard InChI is InChI=1S/C13H19BrN2O/c1-13(2,16-12(17)4-3-9-15)10-5-7-11(14)8-6-10/h5-8H,3-4,9,15H2,1-2H3,(H,16,17). The molecular formula is C13H19BrN2O. The highest BCUT2D eigenvalue weighted by molar-refractivity contribution is 9.10. The van der Waals surface area contributed by atoms with Gasteiger partial charge in [0.25, 0.3) is 0 Å². The van der Waals surface area contributed by atoms with Crippen LogP contribution in [-0.2, 0) is 10.3 Å². The normalized spacial score (nSPS) is 11.3. The Kier molecular flexibility index (Phi) is 5.15. The molecule has 0 atom stereocenters. The second-order valence-electron chi connectivity index (χ2n) is 4.57. The van der Waals surface area contributed by atoms with E-state index in [0.717, 1.165) is 16.5 Å². The van der Waals surface area contributed by atoms with Gasteiger partial charge in [0.1, 0.15) is 0 Å². The fourth-order valence-electron chi connectivity index (χ4n) is 1.61. The number of benzene rings is 1. The van der Waals surface area contributed by atoms with Crippen LogP contribution in [0.2, 0.25) is 0 Å². The summed E-state index contributed by atoms with van der Waals surface area (Å²) >= 11 is 3.40. The number of carbonyl (C=O) groups excluding carboxylic acids is 1. The minimum absolute atomic E-state index is 0.0448. The molecule has 94 valence electrons. The van der Waals surface area contributed by atoms with E-state index < -0.39 is 0 Å². The Hall–Kier alpha value is -0.870. The van der Waals surface area contributed by atoms with Gasteiger partial charge in [-0.1, -0.05) is 28.1 Å². The third-order valence-electron chi connectivity index (χ3n) is 2.63. The summed E-state index contributed by atoms with van der Waals surface area (Å²) in [6.45, 7) is 4.54. The average Bonchev–Trinajstić information content (AvgIpc) is 2.26. The van der Waals surface area contributed by atoms with Crippen molar-refractivity contribution in [3.63, 3.8) is 0 Å². The summed E-state index contributed by atoms with van der Waals surface area (Å²) in [6, 6.07) is 7.97. The van der Waals surface area contributed by atoms with E-state index in [4.69, 9.17) is 5.73 Å². The number of amides is 1. The molecule has 0 aliphatic rings. The number of halogens is 1. The van der Waals surface area contributed by atoms with Crippen LogP contribution in [0.4, 0.5) is 0 Å². The molecule has 0 radical (unpaired) electrons. The number of nitrogens with two attached hydrogens (primary N) is 1. The van der Waals surface area contributed by atoms with Gasteiger partial charge in [0.05, 0.1) is 5.54 Å². The molecule has 1 aromatic carbocycles. The van der Waals surface area contributed by atoms with Crippen LogP contribution in [0, 0.1) is 0 Å². The molecule has 4 heteroatoms. The molecule has 0 saturated carbocycles. The van der Waals surface area contributed by atoms with Crippen molar-refractivity contribution in [1.82, 2.24) is 5.32 Å². The van der Waals surface area contributed by atoms with Crippen molar-refractivity contribution in [1.29, 1.82) is 0 Å². The van der Waals surface area contributed by atoms with E-state index in [0.29, 0.717) is 13.0 Å². The lowest BCUT2D eigenvalue weighted by molar-refractivity contribution is -0.122.